The van der Waals surface area contributed by atoms with Crippen LogP contribution in [-0.2, 0) is 14.4 Å². The van der Waals surface area contributed by atoms with E-state index >= 15 is 0 Å². The lowest BCUT2D eigenvalue weighted by Crippen LogP contribution is -2.73. The summed E-state index contributed by atoms with van der Waals surface area (Å²) in [5.74, 6) is -3.01. The minimum Gasteiger partial charge on any atom is -0.548 e. The largest absolute Gasteiger partial charge is 0.548 e. The number of quaternary nitrogens is 2. The van der Waals surface area contributed by atoms with Gasteiger partial charge in [0.25, 0.3) is 5.91 Å². The molecule has 0 aliphatic heterocycles. The number of amides is 2. The summed E-state index contributed by atoms with van der Waals surface area (Å²) in [5, 5.41) is 33.9. The van der Waals surface area contributed by atoms with Crippen molar-refractivity contribution in [3.05, 3.63) is 0 Å². The molecular formula is C13H27N4O6+. The van der Waals surface area contributed by atoms with Gasteiger partial charge in [0.15, 0.2) is 6.04 Å². The second-order valence-electron chi connectivity index (χ2n) is 5.32. The number of carboxylic acids is 1. The Balaban J connectivity index is 4.67. The molecule has 0 fully saturated rings. The van der Waals surface area contributed by atoms with Crippen LogP contribution in [0.3, 0.4) is 0 Å². The van der Waals surface area contributed by atoms with Crippen LogP contribution < -0.4 is 27.2 Å². The van der Waals surface area contributed by atoms with Gasteiger partial charge in [0.1, 0.15) is 12.1 Å². The lowest BCUT2D eigenvalue weighted by atomic mass is 10.1. The Labute approximate surface area is 134 Å². The van der Waals surface area contributed by atoms with Crippen molar-refractivity contribution in [2.45, 2.75) is 50.4 Å². The Hall–Kier alpha value is -1.75. The highest BCUT2D eigenvalue weighted by Crippen LogP contribution is 2.00. The van der Waals surface area contributed by atoms with Gasteiger partial charge in [-0.25, -0.2) is 0 Å². The van der Waals surface area contributed by atoms with E-state index in [0.29, 0.717) is 19.4 Å². The third-order valence-corrected chi connectivity index (χ3v) is 3.33. The molecule has 0 aromatic rings. The Morgan fingerprint density at radius 3 is 2.13 bits per heavy atom. The minimum absolute atomic E-state index is 0.168. The number of aliphatic hydroxyl groups excluding tert-OH is 2. The van der Waals surface area contributed by atoms with E-state index in [0.717, 1.165) is 0 Å². The quantitative estimate of drug-likeness (QED) is 0.203. The summed E-state index contributed by atoms with van der Waals surface area (Å²) in [6.45, 7) is 1.29. The number of rotatable bonds is 11. The molecule has 0 heterocycles. The molecule has 0 aliphatic rings. The number of nitrogens with one attached hydrogen (secondary N) is 2. The zero-order chi connectivity index (χ0) is 18.0. The molecule has 4 atom stereocenters. The number of aliphatic hydroxyl groups is 2. The van der Waals surface area contributed by atoms with Crippen LogP contribution in [0.4, 0.5) is 0 Å². The van der Waals surface area contributed by atoms with Gasteiger partial charge in [0, 0.05) is 0 Å². The van der Waals surface area contributed by atoms with Crippen molar-refractivity contribution in [3.8, 4) is 0 Å². The van der Waals surface area contributed by atoms with Crippen LogP contribution in [0.5, 0.6) is 0 Å². The van der Waals surface area contributed by atoms with E-state index in [1.807, 2.05) is 0 Å². The number of carbonyl (C=O) groups excluding carboxylic acids is 3. The molecule has 2 amide bonds. The first kappa shape index (κ1) is 21.2. The lowest BCUT2D eigenvalue weighted by Gasteiger charge is -2.23. The normalized spacial score (nSPS) is 16.0. The fourth-order valence-corrected chi connectivity index (χ4v) is 1.74. The molecule has 0 spiro atoms. The first-order valence-electron chi connectivity index (χ1n) is 7.47. The molecule has 0 rings (SSSR count). The standard InChI is InChI=1S/C13H26N4O6/c1-7(19)10(15)12(21)17-9(6-18)11(20)16-8(13(22)23)4-2-3-5-14/h7-10,18-19H,2-6,14-15H2,1H3,(H,16,20)(H,17,21)(H,22,23)/p+1/t7-,8+,9+,10+/m1/s1. The molecule has 0 aromatic heterocycles. The SMILES string of the molecule is C[C@@H](O)[C@H]([NH3+])C(=O)N[C@@H](CO)C(=O)N[C@@H](CCCC[NH3+])C(=O)[O-]. The van der Waals surface area contributed by atoms with Crippen molar-refractivity contribution in [2.24, 2.45) is 0 Å². The zero-order valence-electron chi connectivity index (χ0n) is 13.3. The molecule has 134 valence electrons. The highest BCUT2D eigenvalue weighted by molar-refractivity contribution is 5.91. The van der Waals surface area contributed by atoms with Crippen LogP contribution in [0.1, 0.15) is 26.2 Å². The Morgan fingerprint density at radius 2 is 1.70 bits per heavy atom. The summed E-state index contributed by atoms with van der Waals surface area (Å²) in [7, 11) is 0. The summed E-state index contributed by atoms with van der Waals surface area (Å²) < 4.78 is 0. The molecule has 0 aliphatic carbocycles. The van der Waals surface area contributed by atoms with Crippen molar-refractivity contribution < 1.29 is 41.2 Å². The van der Waals surface area contributed by atoms with E-state index in [1.165, 1.54) is 6.92 Å². The first-order chi connectivity index (χ1) is 10.7. The minimum atomic E-state index is -1.44. The van der Waals surface area contributed by atoms with Gasteiger partial charge >= 0.3 is 0 Å². The molecule has 0 saturated heterocycles. The number of hydrogen-bond donors (Lipinski definition) is 6. The molecule has 0 saturated carbocycles. The summed E-state index contributed by atoms with van der Waals surface area (Å²) in [6.07, 6.45) is 0.385. The van der Waals surface area contributed by atoms with Gasteiger partial charge < -0.3 is 42.2 Å². The van der Waals surface area contributed by atoms with Crippen molar-refractivity contribution >= 4 is 17.8 Å². The van der Waals surface area contributed by atoms with Crippen molar-refractivity contribution in [1.82, 2.24) is 10.6 Å². The summed E-state index contributed by atoms with van der Waals surface area (Å²) in [6, 6.07) is -3.57. The molecule has 0 radical (unpaired) electrons. The van der Waals surface area contributed by atoms with Gasteiger partial charge in [-0.05, 0) is 26.2 Å². The average Bonchev–Trinajstić information content (AvgIpc) is 2.50. The summed E-state index contributed by atoms with van der Waals surface area (Å²) in [5.41, 5.74) is 7.07. The highest BCUT2D eigenvalue weighted by atomic mass is 16.4. The Morgan fingerprint density at radius 1 is 1.13 bits per heavy atom. The van der Waals surface area contributed by atoms with Crippen LogP contribution >= 0.6 is 0 Å². The number of carboxylic acid groups (broad SMARTS) is 1. The van der Waals surface area contributed by atoms with E-state index in [-0.39, 0.29) is 6.42 Å². The molecule has 23 heavy (non-hydrogen) atoms. The van der Waals surface area contributed by atoms with Crippen LogP contribution in [0, 0.1) is 0 Å². The van der Waals surface area contributed by atoms with Gasteiger partial charge in [-0.15, -0.1) is 0 Å². The molecule has 10 nitrogen and oxygen atoms in total. The van der Waals surface area contributed by atoms with E-state index in [2.05, 4.69) is 22.1 Å². The summed E-state index contributed by atoms with van der Waals surface area (Å²) in [4.78, 5) is 34.7. The maximum absolute atomic E-state index is 12.0. The molecule has 0 aromatic carbocycles. The van der Waals surface area contributed by atoms with Gasteiger partial charge in [0.05, 0.1) is 25.2 Å². The fourth-order valence-electron chi connectivity index (χ4n) is 1.74. The third kappa shape index (κ3) is 7.88. The smallest absolute Gasteiger partial charge is 0.281 e. The number of hydrogen-bond acceptors (Lipinski definition) is 6. The lowest BCUT2D eigenvalue weighted by molar-refractivity contribution is -0.419. The Kier molecular flexibility index (Phi) is 10.1. The van der Waals surface area contributed by atoms with E-state index in [9.17, 15) is 29.7 Å². The highest BCUT2D eigenvalue weighted by Gasteiger charge is 2.28. The third-order valence-electron chi connectivity index (χ3n) is 3.33. The second kappa shape index (κ2) is 10.9. The van der Waals surface area contributed by atoms with Crippen LogP contribution in [0.15, 0.2) is 0 Å². The average molecular weight is 335 g/mol. The van der Waals surface area contributed by atoms with Gasteiger partial charge in [0.2, 0.25) is 5.91 Å². The maximum Gasteiger partial charge on any atom is 0.281 e. The predicted octanol–water partition coefficient (Wildman–Crippen LogP) is -5.90. The molecule has 0 unspecified atom stereocenters. The predicted molar refractivity (Wildman–Crippen MR) is 75.9 cm³/mol. The monoisotopic (exact) mass is 335 g/mol. The molecule has 0 bridgehead atoms. The molecule has 10 heteroatoms. The van der Waals surface area contributed by atoms with Crippen molar-refractivity contribution in [1.29, 1.82) is 0 Å². The summed E-state index contributed by atoms with van der Waals surface area (Å²) >= 11 is 0. The van der Waals surface area contributed by atoms with Crippen LogP contribution in [0.2, 0.25) is 0 Å². The van der Waals surface area contributed by atoms with E-state index in [4.69, 9.17) is 0 Å². The van der Waals surface area contributed by atoms with E-state index in [1.54, 1.807) is 0 Å². The van der Waals surface area contributed by atoms with Gasteiger partial charge in [-0.2, -0.15) is 0 Å². The van der Waals surface area contributed by atoms with Crippen molar-refractivity contribution in [3.63, 3.8) is 0 Å². The van der Waals surface area contributed by atoms with Crippen LogP contribution in [0.25, 0.3) is 0 Å². The van der Waals surface area contributed by atoms with Gasteiger partial charge in [-0.1, -0.05) is 0 Å². The number of aliphatic carboxylic acids is 1. The zero-order valence-corrected chi connectivity index (χ0v) is 13.3. The number of unbranched alkanes of at least 4 members (excludes halogenated alkanes) is 1. The Bertz CT molecular complexity index is 404. The second-order valence-corrected chi connectivity index (χ2v) is 5.32. The van der Waals surface area contributed by atoms with Crippen LogP contribution in [-0.4, -0.2) is 65.4 Å². The van der Waals surface area contributed by atoms with Gasteiger partial charge in [-0.3, -0.25) is 9.59 Å². The van der Waals surface area contributed by atoms with Crippen molar-refractivity contribution in [2.75, 3.05) is 13.2 Å². The molecular weight excluding hydrogens is 308 g/mol. The maximum atomic E-state index is 12.0. The molecule has 10 N–H and O–H groups in total. The van der Waals surface area contributed by atoms with E-state index < -0.39 is 48.6 Å². The first-order valence-corrected chi connectivity index (χ1v) is 7.47. The fraction of sp³-hybridized carbons (Fsp3) is 0.769. The number of carbonyl (C=O) groups is 3. The topological polar surface area (TPSA) is 194 Å².